The van der Waals surface area contributed by atoms with Gasteiger partial charge >= 0.3 is 0 Å². The summed E-state index contributed by atoms with van der Waals surface area (Å²) in [5, 5.41) is 108. The summed E-state index contributed by atoms with van der Waals surface area (Å²) in [5.41, 5.74) is 14.2. The zero-order valence-electron chi connectivity index (χ0n) is 89.1. The lowest BCUT2D eigenvalue weighted by atomic mass is 9.48. The quantitative estimate of drug-likeness (QED) is 0.0464. The smallest absolute Gasteiger partial charge is 0.165 e. The second kappa shape index (κ2) is 39.2. The van der Waals surface area contributed by atoms with Gasteiger partial charge in [0.05, 0.1) is 148 Å². The highest BCUT2D eigenvalue weighted by Gasteiger charge is 2.80. The number of aliphatic hydroxyl groups excluding tert-OH is 4. The number of aliphatic hydroxyl groups is 8. The molecule has 17 unspecified atom stereocenters. The van der Waals surface area contributed by atoms with Crippen LogP contribution in [0.2, 0.25) is 0 Å². The first kappa shape index (κ1) is 107. The molecule has 149 heavy (non-hydrogen) atoms. The number of nitrogens with zero attached hydrogens (tertiary/aromatic N) is 3. The van der Waals surface area contributed by atoms with E-state index in [1.54, 1.807) is 17.0 Å². The molecule has 0 aromatic heterocycles. The Hall–Kier alpha value is -6.21. The summed E-state index contributed by atoms with van der Waals surface area (Å²) in [6, 6.07) is 26.3. The Morgan fingerprint density at radius 2 is 0.611 bits per heavy atom. The van der Waals surface area contributed by atoms with E-state index < -0.39 is 38.6 Å². The van der Waals surface area contributed by atoms with Gasteiger partial charge in [0.25, 0.3) is 0 Å². The molecule has 0 radical (unpaired) electrons. The highest BCUT2D eigenvalue weighted by Crippen LogP contribution is 2.72. The van der Waals surface area contributed by atoms with Gasteiger partial charge in [-0.15, -0.1) is 0 Å². The molecule has 12 fully saturated rings. The predicted octanol–water partition coefficient (Wildman–Crippen LogP) is -2.84. The molecule has 6 aromatic rings. The summed E-state index contributed by atoms with van der Waals surface area (Å²) in [6.07, 6.45) is 22.2. The maximum atomic E-state index is 12.0. The molecule has 30 rings (SSSR count). The van der Waals surface area contributed by atoms with Gasteiger partial charge < -0.3 is 175 Å². The average Bonchev–Trinajstić information content (AvgIpc) is 1.52. The summed E-state index contributed by atoms with van der Waals surface area (Å²) in [7, 11) is 13.3. The number of ether oxygens (including phenoxy) is 12. The van der Waals surface area contributed by atoms with Crippen LogP contribution in [0.25, 0.3) is 0 Å². The molecular formula is C118H161Cl3N6O22. The molecule has 12 heterocycles. The molecule has 12 aliphatic heterocycles. The first-order valence-corrected chi connectivity index (χ1v) is 56.5. The Morgan fingerprint density at radius 3 is 1.00 bits per heavy atom. The third kappa shape index (κ3) is 14.3. The number of benzene rings is 6. The van der Waals surface area contributed by atoms with Crippen molar-refractivity contribution in [2.24, 2.45) is 11.8 Å². The number of halogens is 3. The number of piperidine rings is 6. The van der Waals surface area contributed by atoms with Crippen molar-refractivity contribution < 1.29 is 160 Å². The molecule has 12 aliphatic carbocycles. The van der Waals surface area contributed by atoms with Gasteiger partial charge in [0.15, 0.2) is 23.0 Å². The van der Waals surface area contributed by atoms with Crippen LogP contribution in [-0.2, 0) is 126 Å². The van der Waals surface area contributed by atoms with Gasteiger partial charge in [-0.3, -0.25) is 0 Å². The number of rotatable bonds is 16. The monoisotopic (exact) mass is 2120 g/mol. The van der Waals surface area contributed by atoms with E-state index in [2.05, 4.69) is 107 Å². The fourth-order valence-electron chi connectivity index (χ4n) is 37.8. The zero-order chi connectivity index (χ0) is 101. The minimum Gasteiger partial charge on any atom is -1.00 e. The lowest BCUT2D eigenvalue weighted by Gasteiger charge is -2.63. The van der Waals surface area contributed by atoms with Crippen molar-refractivity contribution in [3.8, 4) is 46.0 Å². The van der Waals surface area contributed by atoms with Crippen LogP contribution in [-0.4, -0.2) is 319 Å². The van der Waals surface area contributed by atoms with E-state index in [0.717, 1.165) is 237 Å². The van der Waals surface area contributed by atoms with Crippen molar-refractivity contribution in [3.05, 3.63) is 162 Å². The van der Waals surface area contributed by atoms with Crippen LogP contribution in [0.3, 0.4) is 0 Å². The fourth-order valence-corrected chi connectivity index (χ4v) is 37.8. The number of hydrogen-bond acceptors (Lipinski definition) is 25. The molecule has 6 aromatic carbocycles. The standard InChI is InChI=1S/2C20H27NO4.2C20H27NO3.2C19H25NO4.3ClH/c2*1-3-24-14-6-7-20(23)15-10-12-4-5-13(11-22)17-16(12)19(20,18(14)25-17)8-9-21(15)2;2*1-3-23-16-7-6-14-15-10-12-4-5-13(11-22)18-17(12)20(14,19(16)24-18)8-9-21(15)2;2*1-3-23-13-6-7-19(22)14-10-11-4-5-12(21)16-15(11)18(19,17(13)24-16)8-9-20(14)2;;;/h2*4-5,14-15,18,22-23H,3,6-11H2,1-2H3;2*4-5,14-16,19,22H,3,6-11H2,1-2H3;2*4-5,13-14,17,21-22H,3,6-10H2,1-2H3;3*1H/t2*14-,15?,18?,19-,20+;2*14?,15?,16-,19?,20-;2*13-,14?,17?,18-,19+;;;/m000000.../s1. The van der Waals surface area contributed by atoms with E-state index in [9.17, 15) is 51.1 Å². The number of quaternary nitrogens is 3. The van der Waals surface area contributed by atoms with Crippen LogP contribution in [0.5, 0.6) is 46.0 Å². The minimum absolute atomic E-state index is 0. The van der Waals surface area contributed by atoms with E-state index in [1.807, 2.05) is 52.0 Å². The van der Waals surface area contributed by atoms with Gasteiger partial charge in [-0.25, -0.2) is 0 Å². The van der Waals surface area contributed by atoms with Crippen molar-refractivity contribution in [1.82, 2.24) is 14.7 Å². The minimum atomic E-state index is -0.815. The van der Waals surface area contributed by atoms with Crippen LogP contribution >= 0.6 is 0 Å². The fraction of sp³-hybridized carbons (Fsp3) is 0.695. The van der Waals surface area contributed by atoms with Crippen molar-refractivity contribution in [1.29, 1.82) is 0 Å². The predicted molar refractivity (Wildman–Crippen MR) is 543 cm³/mol. The topological polar surface area (TPSA) is 336 Å². The van der Waals surface area contributed by atoms with Crippen LogP contribution in [0.15, 0.2) is 72.8 Å². The van der Waals surface area contributed by atoms with Gasteiger partial charge in [-0.1, -0.05) is 60.7 Å². The van der Waals surface area contributed by atoms with Crippen molar-refractivity contribution in [3.63, 3.8) is 0 Å². The van der Waals surface area contributed by atoms with Crippen LogP contribution < -0.4 is 80.3 Å². The Morgan fingerprint density at radius 1 is 0.309 bits per heavy atom. The maximum Gasteiger partial charge on any atom is 0.165 e. The van der Waals surface area contributed by atoms with Crippen molar-refractivity contribution in [2.75, 3.05) is 121 Å². The van der Waals surface area contributed by atoms with E-state index in [-0.39, 0.29) is 189 Å². The van der Waals surface area contributed by atoms with Gasteiger partial charge in [0, 0.05) is 163 Å². The SMILES string of the molecule is CCO[C@H]1CCC2C3Cc4ccc(CO)c5c4[C@@]2(CCN3C)C1O5.CCO[C@H]1CCC2C3Cc4ccc(CO)c5c4[C@@]2(CC[NH+]3C)C1O5.CCO[C@H]1CC[C@@]2(O)C3Cc4ccc(CO)c5c4[C@@]2(CCN3C)C1O5.CCO[C@H]1CC[C@@]2(O)C3Cc4ccc(CO)c5c4[C@@]2(CC[NH+]3C)C1O5.CCO[C@H]1CC[C@@]2(O)C3Cc4ccc(O)c5c4[C@@]2(CCN3C)C1O5.CCO[C@H]1CC[C@@]2(O)C3Cc4ccc(O)c5c4[C@@]2(CC[NH+]3C)C1O5.[Cl-].[Cl-].[Cl-]. The molecule has 816 valence electrons. The Labute approximate surface area is 896 Å². The number of likely N-dealkylation sites (N-methyl/N-ethyl adjacent to an activating group) is 6. The molecule has 6 saturated carbocycles. The summed E-state index contributed by atoms with van der Waals surface area (Å²) >= 11 is 0. The van der Waals surface area contributed by atoms with Gasteiger partial charge in [0.1, 0.15) is 82.9 Å². The molecule has 6 saturated heterocycles. The number of phenols is 2. The molecular weight excluding hydrogens is 1960 g/mol. The summed E-state index contributed by atoms with van der Waals surface area (Å²) in [5.74, 6) is 6.54. The summed E-state index contributed by atoms with van der Waals surface area (Å²) < 4.78 is 75.3. The molecule has 24 aliphatic rings. The van der Waals surface area contributed by atoms with E-state index in [1.165, 1.54) is 91.2 Å². The van der Waals surface area contributed by atoms with Crippen LogP contribution in [0.1, 0.15) is 246 Å². The Bertz CT molecular complexity index is 5720. The first-order chi connectivity index (χ1) is 70.6. The van der Waals surface area contributed by atoms with E-state index in [0.29, 0.717) is 61.8 Å². The molecule has 13 N–H and O–H groups in total. The average molecular weight is 2120 g/mol. The van der Waals surface area contributed by atoms with Crippen LogP contribution in [0, 0.1) is 11.8 Å². The number of likely N-dealkylation sites (tertiary alicyclic amines) is 6. The Kier molecular flexibility index (Phi) is 28.1. The van der Waals surface area contributed by atoms with E-state index >= 15 is 0 Å². The number of phenolic OH excluding ortho intramolecular Hbond substituents is 2. The highest BCUT2D eigenvalue weighted by molar-refractivity contribution is 5.68. The highest BCUT2D eigenvalue weighted by atomic mass is 35.5. The Balaban J connectivity index is 0.000000101. The zero-order valence-corrected chi connectivity index (χ0v) is 91.4. The largest absolute Gasteiger partial charge is 1.00 e. The molecule has 12 bridgehead atoms. The normalized spacial score (nSPS) is 41.4. The van der Waals surface area contributed by atoms with Gasteiger partial charge in [-0.2, -0.15) is 0 Å². The second-order valence-electron chi connectivity index (χ2n) is 48.5. The number of hydrogen-bond donors (Lipinski definition) is 13. The lowest BCUT2D eigenvalue weighted by molar-refractivity contribution is -0.924. The molecule has 0 amide bonds. The number of nitrogens with one attached hydrogen (secondary N) is 3. The summed E-state index contributed by atoms with van der Waals surface area (Å²) in [4.78, 5) is 11.7. The number of aromatic hydroxyl groups is 2. The van der Waals surface area contributed by atoms with Crippen LogP contribution in [0.4, 0.5) is 0 Å². The second-order valence-corrected chi connectivity index (χ2v) is 48.5. The molecule has 6 spiro atoms. The molecule has 28 nitrogen and oxygen atoms in total. The maximum absolute atomic E-state index is 12.0. The summed E-state index contributed by atoms with van der Waals surface area (Å²) in [6.45, 7) is 22.6. The van der Waals surface area contributed by atoms with Gasteiger partial charge in [-0.05, 0) is 249 Å². The van der Waals surface area contributed by atoms with E-state index in [4.69, 9.17) is 56.8 Å². The third-order valence-electron chi connectivity index (χ3n) is 43.6. The first-order valence-electron chi connectivity index (χ1n) is 56.5. The lowest BCUT2D eigenvalue weighted by Crippen LogP contribution is -3.19. The van der Waals surface area contributed by atoms with Gasteiger partial charge in [0.2, 0.25) is 0 Å². The third-order valence-corrected chi connectivity index (χ3v) is 43.6. The van der Waals surface area contributed by atoms with Crippen molar-refractivity contribution >= 4 is 0 Å². The molecule has 31 heteroatoms. The molecule has 33 atom stereocenters. The van der Waals surface area contributed by atoms with Crippen molar-refractivity contribution in [2.45, 2.75) is 386 Å².